The molecule has 116 valence electrons. The van der Waals surface area contributed by atoms with Crippen LogP contribution in [-0.4, -0.2) is 22.4 Å². The molecule has 0 atom stereocenters. The number of carbonyl (C=O) groups excluding carboxylic acids is 1. The van der Waals surface area contributed by atoms with Crippen molar-refractivity contribution in [1.82, 2.24) is 15.3 Å². The van der Waals surface area contributed by atoms with Crippen LogP contribution in [0.25, 0.3) is 10.7 Å². The zero-order valence-corrected chi connectivity index (χ0v) is 13.4. The van der Waals surface area contributed by atoms with E-state index in [0.29, 0.717) is 12.3 Å². The van der Waals surface area contributed by atoms with E-state index in [1.54, 1.807) is 6.20 Å². The van der Waals surface area contributed by atoms with Crippen LogP contribution in [0, 0.1) is 5.92 Å². The highest BCUT2D eigenvalue weighted by atomic mass is 32.1. The topological polar surface area (TPSA) is 54.9 Å². The van der Waals surface area contributed by atoms with E-state index in [9.17, 15) is 4.79 Å². The van der Waals surface area contributed by atoms with Gasteiger partial charge in [-0.05, 0) is 30.9 Å². The summed E-state index contributed by atoms with van der Waals surface area (Å²) in [5, 5.41) is 5.88. The van der Waals surface area contributed by atoms with E-state index >= 15 is 0 Å². The third-order valence-electron chi connectivity index (χ3n) is 4.09. The maximum Gasteiger partial charge on any atom is 0.226 e. The maximum atomic E-state index is 12.0. The lowest BCUT2D eigenvalue weighted by Crippen LogP contribution is -2.31. The summed E-state index contributed by atoms with van der Waals surface area (Å²) in [6.07, 6.45) is 8.57. The molecule has 5 heteroatoms. The van der Waals surface area contributed by atoms with Gasteiger partial charge in [0.25, 0.3) is 0 Å². The molecule has 0 spiro atoms. The molecule has 1 aliphatic rings. The highest BCUT2D eigenvalue weighted by Gasteiger charge is 2.15. The molecule has 1 amide bonds. The van der Waals surface area contributed by atoms with E-state index < -0.39 is 0 Å². The Hall–Kier alpha value is -1.75. The Bertz CT molecular complexity index is 605. The summed E-state index contributed by atoms with van der Waals surface area (Å²) < 4.78 is 0. The SMILES string of the molecule is O=C(Cc1csc(-c2ccccn2)n1)NCC1CCCCC1. The van der Waals surface area contributed by atoms with E-state index in [4.69, 9.17) is 0 Å². The van der Waals surface area contributed by atoms with Crippen molar-refractivity contribution in [2.75, 3.05) is 6.54 Å². The molecule has 1 fully saturated rings. The highest BCUT2D eigenvalue weighted by Crippen LogP contribution is 2.23. The normalized spacial score (nSPS) is 15.6. The van der Waals surface area contributed by atoms with Crippen molar-refractivity contribution in [3.63, 3.8) is 0 Å². The lowest BCUT2D eigenvalue weighted by atomic mass is 9.89. The summed E-state index contributed by atoms with van der Waals surface area (Å²) in [6.45, 7) is 0.816. The van der Waals surface area contributed by atoms with Gasteiger partial charge in [-0.2, -0.15) is 0 Å². The van der Waals surface area contributed by atoms with Crippen molar-refractivity contribution in [2.45, 2.75) is 38.5 Å². The van der Waals surface area contributed by atoms with Gasteiger partial charge in [0.2, 0.25) is 5.91 Å². The fraction of sp³-hybridized carbons (Fsp3) is 0.471. The molecule has 4 nitrogen and oxygen atoms in total. The van der Waals surface area contributed by atoms with Gasteiger partial charge >= 0.3 is 0 Å². The van der Waals surface area contributed by atoms with Crippen molar-refractivity contribution < 1.29 is 4.79 Å². The predicted molar refractivity (Wildman–Crippen MR) is 88.6 cm³/mol. The van der Waals surface area contributed by atoms with Crippen molar-refractivity contribution in [1.29, 1.82) is 0 Å². The van der Waals surface area contributed by atoms with Crippen LogP contribution in [0.1, 0.15) is 37.8 Å². The standard InChI is InChI=1S/C17H21N3OS/c21-16(19-11-13-6-2-1-3-7-13)10-14-12-22-17(20-14)15-8-4-5-9-18-15/h4-5,8-9,12-13H,1-3,6-7,10-11H2,(H,19,21). The second kappa shape index (κ2) is 7.49. The molecule has 1 N–H and O–H groups in total. The molecule has 0 bridgehead atoms. The Morgan fingerprint density at radius 2 is 2.14 bits per heavy atom. The van der Waals surface area contributed by atoms with Crippen molar-refractivity contribution in [2.24, 2.45) is 5.92 Å². The molecule has 1 saturated carbocycles. The number of thiazole rings is 1. The smallest absolute Gasteiger partial charge is 0.226 e. The van der Waals surface area contributed by atoms with Gasteiger partial charge in [0.15, 0.2) is 0 Å². The minimum Gasteiger partial charge on any atom is -0.355 e. The molecule has 0 saturated heterocycles. The van der Waals surface area contributed by atoms with Gasteiger partial charge in [0.05, 0.1) is 17.8 Å². The average Bonchev–Trinajstić information content (AvgIpc) is 3.03. The monoisotopic (exact) mass is 315 g/mol. The van der Waals surface area contributed by atoms with Crippen LogP contribution in [0.3, 0.4) is 0 Å². The maximum absolute atomic E-state index is 12.0. The van der Waals surface area contributed by atoms with Gasteiger partial charge in [-0.3, -0.25) is 9.78 Å². The van der Waals surface area contributed by atoms with Crippen LogP contribution in [0.5, 0.6) is 0 Å². The Morgan fingerprint density at radius 1 is 1.27 bits per heavy atom. The first-order valence-electron chi connectivity index (χ1n) is 7.94. The number of nitrogens with one attached hydrogen (secondary N) is 1. The largest absolute Gasteiger partial charge is 0.355 e. The Morgan fingerprint density at radius 3 is 2.91 bits per heavy atom. The minimum atomic E-state index is 0.0726. The van der Waals surface area contributed by atoms with E-state index in [0.717, 1.165) is 22.9 Å². The minimum absolute atomic E-state index is 0.0726. The van der Waals surface area contributed by atoms with Gasteiger partial charge < -0.3 is 5.32 Å². The first kappa shape index (κ1) is 15.2. The van der Waals surface area contributed by atoms with Crippen LogP contribution in [-0.2, 0) is 11.2 Å². The molecular weight excluding hydrogens is 294 g/mol. The number of rotatable bonds is 5. The first-order chi connectivity index (χ1) is 10.8. The number of aromatic nitrogens is 2. The number of nitrogens with zero attached hydrogens (tertiary/aromatic N) is 2. The Labute approximate surface area is 135 Å². The van der Waals surface area contributed by atoms with E-state index in [1.807, 2.05) is 23.6 Å². The molecule has 3 rings (SSSR count). The molecule has 0 aromatic carbocycles. The summed E-state index contributed by atoms with van der Waals surface area (Å²) in [4.78, 5) is 20.8. The van der Waals surface area contributed by atoms with E-state index in [-0.39, 0.29) is 5.91 Å². The van der Waals surface area contributed by atoms with Crippen LogP contribution in [0.15, 0.2) is 29.8 Å². The molecule has 22 heavy (non-hydrogen) atoms. The molecular formula is C17H21N3OS. The average molecular weight is 315 g/mol. The zero-order chi connectivity index (χ0) is 15.2. The van der Waals surface area contributed by atoms with Gasteiger partial charge in [0.1, 0.15) is 5.01 Å². The molecule has 0 unspecified atom stereocenters. The van der Waals surface area contributed by atoms with Gasteiger partial charge in [-0.1, -0.05) is 25.3 Å². The van der Waals surface area contributed by atoms with Crippen molar-refractivity contribution in [3.8, 4) is 10.7 Å². The third kappa shape index (κ3) is 4.13. The predicted octanol–water partition coefficient (Wildman–Crippen LogP) is 3.44. The highest BCUT2D eigenvalue weighted by molar-refractivity contribution is 7.13. The summed E-state index contributed by atoms with van der Waals surface area (Å²) in [7, 11) is 0. The van der Waals surface area contributed by atoms with Gasteiger partial charge in [-0.25, -0.2) is 4.98 Å². The number of carbonyl (C=O) groups is 1. The third-order valence-corrected chi connectivity index (χ3v) is 5.00. The lowest BCUT2D eigenvalue weighted by molar-refractivity contribution is -0.120. The molecule has 1 aliphatic carbocycles. The quantitative estimate of drug-likeness (QED) is 0.919. The van der Waals surface area contributed by atoms with Crippen molar-refractivity contribution >= 4 is 17.2 Å². The second-order valence-corrected chi connectivity index (χ2v) is 6.70. The summed E-state index contributed by atoms with van der Waals surface area (Å²) >= 11 is 1.54. The summed E-state index contributed by atoms with van der Waals surface area (Å²) in [5.41, 5.74) is 1.69. The number of hydrogen-bond acceptors (Lipinski definition) is 4. The Kier molecular flexibility index (Phi) is 5.16. The summed E-state index contributed by atoms with van der Waals surface area (Å²) in [6, 6.07) is 5.77. The summed E-state index contributed by atoms with van der Waals surface area (Å²) in [5.74, 6) is 0.737. The van der Waals surface area contributed by atoms with Gasteiger partial charge in [-0.15, -0.1) is 11.3 Å². The van der Waals surface area contributed by atoms with Crippen LogP contribution in [0.4, 0.5) is 0 Å². The Balaban J connectivity index is 1.50. The van der Waals surface area contributed by atoms with E-state index in [2.05, 4.69) is 15.3 Å². The molecule has 0 radical (unpaired) electrons. The molecule has 0 aliphatic heterocycles. The first-order valence-corrected chi connectivity index (χ1v) is 8.82. The number of amides is 1. The van der Waals surface area contributed by atoms with Crippen LogP contribution >= 0.6 is 11.3 Å². The van der Waals surface area contributed by atoms with Crippen molar-refractivity contribution in [3.05, 3.63) is 35.5 Å². The number of hydrogen-bond donors (Lipinski definition) is 1. The molecule has 2 aromatic heterocycles. The zero-order valence-electron chi connectivity index (χ0n) is 12.6. The van der Waals surface area contributed by atoms with Crippen LogP contribution in [0.2, 0.25) is 0 Å². The van der Waals surface area contributed by atoms with E-state index in [1.165, 1.54) is 43.4 Å². The van der Waals surface area contributed by atoms with Crippen LogP contribution < -0.4 is 5.32 Å². The van der Waals surface area contributed by atoms with Gasteiger partial charge in [0, 0.05) is 18.1 Å². The second-order valence-electron chi connectivity index (χ2n) is 5.84. The molecule has 2 aromatic rings. The fourth-order valence-electron chi connectivity index (χ4n) is 2.87. The lowest BCUT2D eigenvalue weighted by Gasteiger charge is -2.21. The number of pyridine rings is 1. The fourth-order valence-corrected chi connectivity index (χ4v) is 3.67. The molecule has 2 heterocycles.